The highest BCUT2D eigenvalue weighted by Gasteiger charge is 2.17. The predicted octanol–water partition coefficient (Wildman–Crippen LogP) is 5.40. The fourth-order valence-corrected chi connectivity index (χ4v) is 2.87. The van der Waals surface area contributed by atoms with Gasteiger partial charge in [0.1, 0.15) is 0 Å². The van der Waals surface area contributed by atoms with Crippen molar-refractivity contribution < 1.29 is 0 Å². The minimum absolute atomic E-state index is 0.420. The number of nitrogen functional groups attached to an aromatic ring is 1. The van der Waals surface area contributed by atoms with Crippen molar-refractivity contribution >= 4 is 44.9 Å². The van der Waals surface area contributed by atoms with Gasteiger partial charge in [0.2, 0.25) is 0 Å². The zero-order chi connectivity index (χ0) is 15.0. The number of nitrogens with one attached hydrogen (secondary N) is 1. The minimum Gasteiger partial charge on any atom is -0.382 e. The van der Waals surface area contributed by atoms with Crippen molar-refractivity contribution in [1.29, 1.82) is 0 Å². The van der Waals surface area contributed by atoms with Crippen LogP contribution < -0.4 is 5.73 Å². The molecule has 2 aromatic carbocycles. The molecule has 0 unspecified atom stereocenters. The van der Waals surface area contributed by atoms with Crippen LogP contribution in [-0.4, -0.2) is 10.2 Å². The van der Waals surface area contributed by atoms with Crippen LogP contribution in [0.15, 0.2) is 46.9 Å². The van der Waals surface area contributed by atoms with Crippen molar-refractivity contribution in [2.75, 3.05) is 5.73 Å². The Kier molecular flexibility index (Phi) is 3.93. The summed E-state index contributed by atoms with van der Waals surface area (Å²) in [6, 6.07) is 13.1. The highest BCUT2D eigenvalue weighted by Crippen LogP contribution is 2.40. The van der Waals surface area contributed by atoms with Crippen LogP contribution >= 0.6 is 39.1 Å². The third-order valence-electron chi connectivity index (χ3n) is 3.15. The van der Waals surface area contributed by atoms with Gasteiger partial charge in [-0.1, -0.05) is 47.5 Å². The summed E-state index contributed by atoms with van der Waals surface area (Å²) >= 11 is 15.7. The third-order valence-corrected chi connectivity index (χ3v) is 4.70. The van der Waals surface area contributed by atoms with E-state index in [4.69, 9.17) is 28.9 Å². The zero-order valence-corrected chi connectivity index (χ0v) is 13.8. The maximum absolute atomic E-state index is 6.37. The molecule has 0 fully saturated rings. The molecule has 21 heavy (non-hydrogen) atoms. The highest BCUT2D eigenvalue weighted by molar-refractivity contribution is 9.10. The van der Waals surface area contributed by atoms with Crippen molar-refractivity contribution in [3.05, 3.63) is 57.0 Å². The number of aromatic nitrogens is 2. The average molecular weight is 383 g/mol. The first-order chi connectivity index (χ1) is 10.1. The lowest BCUT2D eigenvalue weighted by Crippen LogP contribution is -1.89. The maximum atomic E-state index is 6.37. The van der Waals surface area contributed by atoms with Crippen LogP contribution in [0.4, 0.5) is 5.82 Å². The van der Waals surface area contributed by atoms with Crippen molar-refractivity contribution in [1.82, 2.24) is 10.2 Å². The normalized spacial score (nSPS) is 10.8. The summed E-state index contributed by atoms with van der Waals surface area (Å²) in [4.78, 5) is 0. The van der Waals surface area contributed by atoms with Crippen LogP contribution in [0.5, 0.6) is 0 Å². The summed E-state index contributed by atoms with van der Waals surface area (Å²) < 4.78 is 0.817. The number of nitrogens with two attached hydrogens (primary N) is 1. The molecule has 3 rings (SSSR count). The Morgan fingerprint density at radius 2 is 1.76 bits per heavy atom. The number of anilines is 1. The second kappa shape index (κ2) is 5.72. The molecule has 106 valence electrons. The number of hydrogen-bond donors (Lipinski definition) is 2. The number of hydrogen-bond acceptors (Lipinski definition) is 2. The smallest absolute Gasteiger partial charge is 0.153 e. The van der Waals surface area contributed by atoms with E-state index in [-0.39, 0.29) is 0 Å². The van der Waals surface area contributed by atoms with Gasteiger partial charge in [-0.15, -0.1) is 0 Å². The second-order valence-corrected chi connectivity index (χ2v) is 6.14. The van der Waals surface area contributed by atoms with Crippen LogP contribution in [0.25, 0.3) is 22.4 Å². The van der Waals surface area contributed by atoms with E-state index in [0.29, 0.717) is 15.9 Å². The predicted molar refractivity (Wildman–Crippen MR) is 91.6 cm³/mol. The molecule has 3 nitrogen and oxygen atoms in total. The van der Waals surface area contributed by atoms with Crippen molar-refractivity contribution in [3.8, 4) is 22.4 Å². The van der Waals surface area contributed by atoms with E-state index in [1.807, 2.05) is 42.5 Å². The van der Waals surface area contributed by atoms with Gasteiger partial charge in [0.25, 0.3) is 0 Å². The maximum Gasteiger partial charge on any atom is 0.153 e. The van der Waals surface area contributed by atoms with E-state index in [2.05, 4.69) is 26.1 Å². The Bertz CT molecular complexity index is 797. The minimum atomic E-state index is 0.420. The van der Waals surface area contributed by atoms with Crippen LogP contribution in [0.2, 0.25) is 10.0 Å². The van der Waals surface area contributed by atoms with Gasteiger partial charge >= 0.3 is 0 Å². The van der Waals surface area contributed by atoms with E-state index in [1.165, 1.54) is 0 Å². The molecule has 0 aliphatic carbocycles. The number of aromatic amines is 1. The summed E-state index contributed by atoms with van der Waals surface area (Å²) in [5.74, 6) is 0.420. The summed E-state index contributed by atoms with van der Waals surface area (Å²) in [6.45, 7) is 0. The fourth-order valence-electron chi connectivity index (χ4n) is 2.16. The Morgan fingerprint density at radius 3 is 2.48 bits per heavy atom. The van der Waals surface area contributed by atoms with E-state index in [0.717, 1.165) is 26.9 Å². The average Bonchev–Trinajstić information content (AvgIpc) is 2.85. The van der Waals surface area contributed by atoms with E-state index in [9.17, 15) is 0 Å². The molecule has 0 aliphatic rings. The van der Waals surface area contributed by atoms with Gasteiger partial charge in [0, 0.05) is 15.1 Å². The Hall–Kier alpha value is -1.49. The molecule has 0 bridgehead atoms. The molecule has 6 heteroatoms. The van der Waals surface area contributed by atoms with Gasteiger partial charge in [0.15, 0.2) is 5.82 Å². The molecule has 0 amide bonds. The number of rotatable bonds is 2. The summed E-state index contributed by atoms with van der Waals surface area (Å²) in [6.07, 6.45) is 0. The topological polar surface area (TPSA) is 54.7 Å². The standard InChI is InChI=1S/C15H10BrCl2N3/c16-11-3-1-2-10(13(11)18)14-12(15(19)21-20-14)8-4-6-9(17)7-5-8/h1-7H,(H3,19,20,21). The molecule has 1 heterocycles. The summed E-state index contributed by atoms with van der Waals surface area (Å²) in [5.41, 5.74) is 9.36. The molecule has 0 saturated heterocycles. The van der Waals surface area contributed by atoms with E-state index in [1.54, 1.807) is 0 Å². The van der Waals surface area contributed by atoms with Gasteiger partial charge in [-0.2, -0.15) is 5.10 Å². The second-order valence-electron chi connectivity index (χ2n) is 4.47. The Labute approximate surface area is 140 Å². The third kappa shape index (κ3) is 2.67. The van der Waals surface area contributed by atoms with Crippen LogP contribution in [0.1, 0.15) is 0 Å². The van der Waals surface area contributed by atoms with Crippen LogP contribution in [0.3, 0.4) is 0 Å². The molecule has 3 N–H and O–H groups in total. The number of nitrogens with zero attached hydrogens (tertiary/aromatic N) is 1. The quantitative estimate of drug-likeness (QED) is 0.623. The first kappa shape index (κ1) is 14.4. The Morgan fingerprint density at radius 1 is 1.05 bits per heavy atom. The van der Waals surface area contributed by atoms with Gasteiger partial charge < -0.3 is 5.73 Å². The molecule has 0 saturated carbocycles. The molecular weight excluding hydrogens is 373 g/mol. The largest absolute Gasteiger partial charge is 0.382 e. The number of benzene rings is 2. The molecular formula is C15H10BrCl2N3. The van der Waals surface area contributed by atoms with Crippen molar-refractivity contribution in [3.63, 3.8) is 0 Å². The SMILES string of the molecule is Nc1n[nH]c(-c2cccc(Br)c2Cl)c1-c1ccc(Cl)cc1. The van der Waals surface area contributed by atoms with Crippen molar-refractivity contribution in [2.45, 2.75) is 0 Å². The first-order valence-corrected chi connectivity index (χ1v) is 7.67. The Balaban J connectivity index is 2.22. The van der Waals surface area contributed by atoms with E-state index >= 15 is 0 Å². The summed E-state index contributed by atoms with van der Waals surface area (Å²) in [7, 11) is 0. The monoisotopic (exact) mass is 381 g/mol. The molecule has 0 radical (unpaired) electrons. The molecule has 1 aromatic heterocycles. The highest BCUT2D eigenvalue weighted by atomic mass is 79.9. The molecule has 0 aliphatic heterocycles. The molecule has 0 spiro atoms. The van der Waals surface area contributed by atoms with E-state index < -0.39 is 0 Å². The van der Waals surface area contributed by atoms with Gasteiger partial charge in [-0.25, -0.2) is 0 Å². The lowest BCUT2D eigenvalue weighted by Gasteiger charge is -2.08. The lowest BCUT2D eigenvalue weighted by atomic mass is 10.0. The number of halogens is 3. The van der Waals surface area contributed by atoms with Crippen molar-refractivity contribution in [2.24, 2.45) is 0 Å². The molecule has 0 atom stereocenters. The number of H-pyrrole nitrogens is 1. The van der Waals surface area contributed by atoms with Gasteiger partial charge in [0.05, 0.1) is 16.3 Å². The van der Waals surface area contributed by atoms with Crippen LogP contribution in [-0.2, 0) is 0 Å². The first-order valence-electron chi connectivity index (χ1n) is 6.12. The lowest BCUT2D eigenvalue weighted by molar-refractivity contribution is 1.10. The zero-order valence-electron chi connectivity index (χ0n) is 10.7. The van der Waals surface area contributed by atoms with Gasteiger partial charge in [-0.05, 0) is 39.7 Å². The van der Waals surface area contributed by atoms with Gasteiger partial charge in [-0.3, -0.25) is 5.10 Å². The summed E-state index contributed by atoms with van der Waals surface area (Å²) in [5, 5.41) is 8.34. The molecule has 3 aromatic rings. The fraction of sp³-hybridized carbons (Fsp3) is 0. The van der Waals surface area contributed by atoms with Crippen LogP contribution in [0, 0.1) is 0 Å².